The molecule has 1 saturated carbocycles. The van der Waals surface area contributed by atoms with Crippen molar-refractivity contribution < 1.29 is 14.0 Å². The second-order valence-electron chi connectivity index (χ2n) is 9.35. The van der Waals surface area contributed by atoms with Gasteiger partial charge in [-0.2, -0.15) is 0 Å². The van der Waals surface area contributed by atoms with E-state index in [1.807, 2.05) is 19.1 Å². The monoisotopic (exact) mass is 382 g/mol. The Morgan fingerprint density at radius 2 is 1.93 bits per heavy atom. The van der Waals surface area contributed by atoms with E-state index in [0.717, 1.165) is 17.4 Å². The predicted molar refractivity (Wildman–Crippen MR) is 106 cm³/mol. The van der Waals surface area contributed by atoms with Gasteiger partial charge in [0.25, 0.3) is 5.91 Å². The van der Waals surface area contributed by atoms with Crippen LogP contribution in [0.25, 0.3) is 11.0 Å². The van der Waals surface area contributed by atoms with E-state index in [4.69, 9.17) is 4.42 Å². The van der Waals surface area contributed by atoms with Crippen molar-refractivity contribution in [2.45, 2.75) is 59.0 Å². The van der Waals surface area contributed by atoms with Gasteiger partial charge in [-0.15, -0.1) is 0 Å². The van der Waals surface area contributed by atoms with Gasteiger partial charge in [0.1, 0.15) is 11.1 Å². The lowest BCUT2D eigenvalue weighted by molar-refractivity contribution is -0.135. The summed E-state index contributed by atoms with van der Waals surface area (Å²) in [7, 11) is 0. The first-order chi connectivity index (χ1) is 13.1. The largest absolute Gasteiger partial charge is 0.423 e. The first kappa shape index (κ1) is 18.7. The summed E-state index contributed by atoms with van der Waals surface area (Å²) in [6.07, 6.45) is 2.30. The molecule has 1 spiro atoms. The van der Waals surface area contributed by atoms with E-state index in [2.05, 4.69) is 26.1 Å². The van der Waals surface area contributed by atoms with Crippen molar-refractivity contribution in [3.05, 3.63) is 45.8 Å². The first-order valence-electron chi connectivity index (χ1n) is 9.76. The lowest BCUT2D eigenvalue weighted by Crippen LogP contribution is -2.54. The zero-order valence-electron chi connectivity index (χ0n) is 16.8. The van der Waals surface area contributed by atoms with Gasteiger partial charge >= 0.3 is 11.7 Å². The Labute approximate surface area is 163 Å². The molecule has 1 aromatic carbocycles. The maximum absolute atomic E-state index is 13.3. The second kappa shape index (κ2) is 6.19. The van der Waals surface area contributed by atoms with Gasteiger partial charge in [-0.05, 0) is 54.7 Å². The number of fused-ring (bicyclic) bond motifs is 1. The van der Waals surface area contributed by atoms with Crippen LogP contribution in [0, 0.1) is 18.3 Å². The minimum Gasteiger partial charge on any atom is -0.423 e. The summed E-state index contributed by atoms with van der Waals surface area (Å²) in [5.74, 6) is 0.158. The molecule has 4 rings (SSSR count). The van der Waals surface area contributed by atoms with E-state index in [9.17, 15) is 14.4 Å². The molecule has 0 bridgehead atoms. The van der Waals surface area contributed by atoms with E-state index < -0.39 is 11.2 Å². The van der Waals surface area contributed by atoms with Gasteiger partial charge in [-0.25, -0.2) is 9.59 Å². The number of amides is 3. The third-order valence-corrected chi connectivity index (χ3v) is 5.94. The number of imide groups is 1. The first-order valence-corrected chi connectivity index (χ1v) is 9.76. The van der Waals surface area contributed by atoms with Crippen molar-refractivity contribution in [2.75, 3.05) is 0 Å². The topological polar surface area (TPSA) is 79.6 Å². The molecule has 2 atom stereocenters. The quantitative estimate of drug-likeness (QED) is 0.634. The molecule has 1 N–H and O–H groups in total. The summed E-state index contributed by atoms with van der Waals surface area (Å²) < 4.78 is 5.29. The van der Waals surface area contributed by atoms with Crippen LogP contribution in [0.15, 0.2) is 33.5 Å². The minimum atomic E-state index is -0.843. The molecule has 1 aromatic heterocycles. The number of aryl methyl sites for hydroxylation is 1. The Morgan fingerprint density at radius 1 is 1.18 bits per heavy atom. The van der Waals surface area contributed by atoms with Crippen LogP contribution < -0.4 is 10.9 Å². The lowest BCUT2D eigenvalue weighted by atomic mass is 9.64. The van der Waals surface area contributed by atoms with Crippen LogP contribution in [0.4, 0.5) is 4.79 Å². The van der Waals surface area contributed by atoms with Crippen molar-refractivity contribution in [2.24, 2.45) is 11.3 Å². The van der Waals surface area contributed by atoms with Crippen LogP contribution in [0.2, 0.25) is 0 Å². The fourth-order valence-electron chi connectivity index (χ4n) is 5.29. The number of carbonyl (C=O) groups is 2. The average molecular weight is 382 g/mol. The summed E-state index contributed by atoms with van der Waals surface area (Å²) in [4.78, 5) is 39.4. The third kappa shape index (κ3) is 3.11. The molecule has 148 valence electrons. The van der Waals surface area contributed by atoms with Crippen LogP contribution in [-0.4, -0.2) is 22.4 Å². The van der Waals surface area contributed by atoms with E-state index >= 15 is 0 Å². The molecule has 2 heterocycles. The molecule has 1 saturated heterocycles. The average Bonchev–Trinajstić information content (AvgIpc) is 2.75. The van der Waals surface area contributed by atoms with Crippen LogP contribution in [0.1, 0.15) is 51.2 Å². The molecule has 2 fully saturated rings. The van der Waals surface area contributed by atoms with Gasteiger partial charge in [0, 0.05) is 11.5 Å². The van der Waals surface area contributed by atoms with Gasteiger partial charge in [-0.3, -0.25) is 9.69 Å². The highest BCUT2D eigenvalue weighted by atomic mass is 16.4. The Morgan fingerprint density at radius 3 is 2.64 bits per heavy atom. The molecule has 3 amide bonds. The van der Waals surface area contributed by atoms with Crippen molar-refractivity contribution in [1.29, 1.82) is 0 Å². The van der Waals surface area contributed by atoms with Crippen molar-refractivity contribution in [3.63, 3.8) is 0 Å². The summed E-state index contributed by atoms with van der Waals surface area (Å²) in [6.45, 7) is 8.39. The van der Waals surface area contributed by atoms with Gasteiger partial charge in [0.15, 0.2) is 0 Å². The third-order valence-electron chi connectivity index (χ3n) is 5.94. The van der Waals surface area contributed by atoms with Crippen LogP contribution in [0.5, 0.6) is 0 Å². The molecule has 2 aliphatic rings. The van der Waals surface area contributed by atoms with Crippen LogP contribution in [0.3, 0.4) is 0 Å². The molecule has 0 unspecified atom stereocenters. The molecule has 1 aliphatic heterocycles. The van der Waals surface area contributed by atoms with Crippen molar-refractivity contribution >= 4 is 22.9 Å². The smallest absolute Gasteiger partial charge is 0.336 e. The molecule has 6 heteroatoms. The van der Waals surface area contributed by atoms with E-state index in [1.165, 1.54) is 11.0 Å². The van der Waals surface area contributed by atoms with E-state index in [1.54, 1.807) is 6.07 Å². The highest BCUT2D eigenvalue weighted by Crippen LogP contribution is 2.46. The fourth-order valence-corrected chi connectivity index (χ4v) is 5.29. The summed E-state index contributed by atoms with van der Waals surface area (Å²) in [6, 6.07) is 6.56. The number of benzene rings is 1. The van der Waals surface area contributed by atoms with E-state index in [-0.39, 0.29) is 23.9 Å². The van der Waals surface area contributed by atoms with Crippen LogP contribution >= 0.6 is 0 Å². The van der Waals surface area contributed by atoms with Gasteiger partial charge < -0.3 is 9.73 Å². The molecular formula is C22H26N2O4. The molecule has 6 nitrogen and oxygen atoms in total. The fraction of sp³-hybridized carbons (Fsp3) is 0.500. The normalized spacial score (nSPS) is 26.9. The molecular weight excluding hydrogens is 356 g/mol. The minimum absolute atomic E-state index is 0.0192. The SMILES string of the molecule is Cc1ccc2c(CN3C(=O)N[C@@]4(C[C@@H](C)CC(C)(C)C4)C3=O)cc(=O)oc2c1. The number of hydrogen-bond donors (Lipinski definition) is 1. The van der Waals surface area contributed by atoms with Crippen molar-refractivity contribution in [3.8, 4) is 0 Å². The van der Waals surface area contributed by atoms with Crippen molar-refractivity contribution in [1.82, 2.24) is 10.2 Å². The molecule has 1 aliphatic carbocycles. The number of nitrogens with one attached hydrogen (secondary N) is 1. The maximum atomic E-state index is 13.3. The summed E-state index contributed by atoms with van der Waals surface area (Å²) in [5, 5.41) is 3.72. The van der Waals surface area contributed by atoms with Gasteiger partial charge in [0.2, 0.25) is 0 Å². The molecule has 0 radical (unpaired) electrons. The van der Waals surface area contributed by atoms with E-state index in [0.29, 0.717) is 29.9 Å². The molecule has 2 aromatic rings. The molecule has 28 heavy (non-hydrogen) atoms. The summed E-state index contributed by atoms with van der Waals surface area (Å²) in [5.41, 5.74) is 0.715. The Balaban J connectivity index is 1.70. The Hall–Kier alpha value is -2.63. The number of hydrogen-bond acceptors (Lipinski definition) is 4. The number of carbonyl (C=O) groups excluding carboxylic acids is 2. The number of nitrogens with zero attached hydrogens (tertiary/aromatic N) is 1. The zero-order chi connectivity index (χ0) is 20.3. The van der Waals surface area contributed by atoms with Gasteiger partial charge in [-0.1, -0.05) is 32.9 Å². The zero-order valence-corrected chi connectivity index (χ0v) is 16.8. The predicted octanol–water partition coefficient (Wildman–Crippen LogP) is 3.74. The number of rotatable bonds is 2. The number of urea groups is 1. The highest BCUT2D eigenvalue weighted by molar-refractivity contribution is 6.07. The Kier molecular flexibility index (Phi) is 4.14. The maximum Gasteiger partial charge on any atom is 0.336 e. The standard InChI is InChI=1S/C22H26N2O4/c1-13-5-6-16-15(8-18(25)28-17(16)7-13)11-24-19(26)22(23-20(24)27)10-14(2)9-21(3,4)12-22/h5-8,14H,9-12H2,1-4H3,(H,23,27)/t14-,22+/m0/s1. The Bertz CT molecular complexity index is 1040. The second-order valence-corrected chi connectivity index (χ2v) is 9.35. The lowest BCUT2D eigenvalue weighted by Gasteiger charge is -2.43. The summed E-state index contributed by atoms with van der Waals surface area (Å²) >= 11 is 0. The van der Waals surface area contributed by atoms with Crippen LogP contribution in [-0.2, 0) is 11.3 Å². The van der Waals surface area contributed by atoms with Gasteiger partial charge in [0.05, 0.1) is 6.54 Å². The highest BCUT2D eigenvalue weighted by Gasteiger charge is 2.56.